The van der Waals surface area contributed by atoms with Gasteiger partial charge in [0, 0.05) is 5.56 Å². The summed E-state index contributed by atoms with van der Waals surface area (Å²) >= 11 is 0. The van der Waals surface area contributed by atoms with E-state index in [4.69, 9.17) is 4.74 Å². The molecule has 0 aromatic heterocycles. The van der Waals surface area contributed by atoms with Crippen LogP contribution in [0.25, 0.3) is 0 Å². The van der Waals surface area contributed by atoms with Gasteiger partial charge < -0.3 is 4.74 Å². The Hall–Kier alpha value is -1.56. The summed E-state index contributed by atoms with van der Waals surface area (Å²) in [4.78, 5) is 11.6. The molecule has 0 saturated carbocycles. The summed E-state index contributed by atoms with van der Waals surface area (Å²) in [5.74, 6) is -0.319. The van der Waals surface area contributed by atoms with E-state index in [-0.39, 0.29) is 17.4 Å². The molecule has 1 aromatic rings. The van der Waals surface area contributed by atoms with Gasteiger partial charge in [-0.3, -0.25) is 4.79 Å². The SMILES string of the molecule is CCS(=O)(=O)[N]C(=O)c1ccc(OC(C)C)cc1. The van der Waals surface area contributed by atoms with Crippen molar-refractivity contribution in [3.05, 3.63) is 29.8 Å². The van der Waals surface area contributed by atoms with Crippen LogP contribution in [-0.2, 0) is 10.0 Å². The third-order valence-electron chi connectivity index (χ3n) is 2.06. The second-order valence-corrected chi connectivity index (χ2v) is 5.88. The van der Waals surface area contributed by atoms with E-state index >= 15 is 0 Å². The normalized spacial score (nSPS) is 11.3. The van der Waals surface area contributed by atoms with Crippen LogP contribution in [0.3, 0.4) is 0 Å². The van der Waals surface area contributed by atoms with Crippen LogP contribution >= 0.6 is 0 Å². The summed E-state index contributed by atoms with van der Waals surface area (Å²) in [6, 6.07) is 6.21. The van der Waals surface area contributed by atoms with Gasteiger partial charge in [-0.2, -0.15) is 0 Å². The Morgan fingerprint density at radius 2 is 1.83 bits per heavy atom. The minimum absolute atomic E-state index is 0.0386. The molecular formula is C12H16NO4S. The second-order valence-electron chi connectivity index (χ2n) is 3.96. The van der Waals surface area contributed by atoms with Crippen LogP contribution in [0.2, 0.25) is 0 Å². The Kier molecular flexibility index (Phi) is 4.72. The van der Waals surface area contributed by atoms with E-state index in [2.05, 4.69) is 4.72 Å². The molecule has 0 aliphatic rings. The topological polar surface area (TPSA) is 74.5 Å². The van der Waals surface area contributed by atoms with E-state index in [1.54, 1.807) is 12.1 Å². The monoisotopic (exact) mass is 270 g/mol. The number of hydrogen-bond donors (Lipinski definition) is 0. The number of hydrogen-bond acceptors (Lipinski definition) is 4. The number of carbonyl (C=O) groups excluding carboxylic acids is 1. The van der Waals surface area contributed by atoms with Gasteiger partial charge in [0.05, 0.1) is 11.9 Å². The van der Waals surface area contributed by atoms with Crippen LogP contribution in [0.5, 0.6) is 5.75 Å². The Morgan fingerprint density at radius 1 is 1.28 bits per heavy atom. The van der Waals surface area contributed by atoms with Gasteiger partial charge >= 0.3 is 0 Å². The van der Waals surface area contributed by atoms with Gasteiger partial charge in [-0.05, 0) is 45.0 Å². The average molecular weight is 270 g/mol. The summed E-state index contributed by atoms with van der Waals surface area (Å²) < 4.78 is 31.0. The van der Waals surface area contributed by atoms with Crippen molar-refractivity contribution in [3.63, 3.8) is 0 Å². The minimum atomic E-state index is -3.65. The highest BCUT2D eigenvalue weighted by Crippen LogP contribution is 2.14. The van der Waals surface area contributed by atoms with Gasteiger partial charge in [0.2, 0.25) is 0 Å². The standard InChI is InChI=1S/C12H16NO4S/c1-4-18(15,16)13-12(14)10-5-7-11(8-6-10)17-9(2)3/h5-9H,4H2,1-3H3. The molecule has 18 heavy (non-hydrogen) atoms. The average Bonchev–Trinajstić information content (AvgIpc) is 2.28. The van der Waals surface area contributed by atoms with E-state index in [1.807, 2.05) is 13.8 Å². The number of sulfonamides is 1. The highest BCUT2D eigenvalue weighted by Gasteiger charge is 2.16. The number of rotatable bonds is 5. The summed E-state index contributed by atoms with van der Waals surface area (Å²) in [5, 5.41) is 0. The fourth-order valence-corrected chi connectivity index (χ4v) is 1.68. The van der Waals surface area contributed by atoms with Crippen molar-refractivity contribution in [1.82, 2.24) is 4.72 Å². The first kappa shape index (κ1) is 14.5. The zero-order valence-corrected chi connectivity index (χ0v) is 11.4. The van der Waals surface area contributed by atoms with Gasteiger partial charge in [-0.25, -0.2) is 8.42 Å². The first-order chi connectivity index (χ1) is 8.34. The molecule has 1 amide bonds. The van der Waals surface area contributed by atoms with Gasteiger partial charge in [-0.15, -0.1) is 4.72 Å². The largest absolute Gasteiger partial charge is 0.491 e. The fraction of sp³-hybridized carbons (Fsp3) is 0.417. The molecule has 0 fully saturated rings. The van der Waals surface area contributed by atoms with E-state index in [1.165, 1.54) is 19.1 Å². The van der Waals surface area contributed by atoms with E-state index in [0.717, 1.165) is 0 Å². The molecule has 1 radical (unpaired) electrons. The Balaban J connectivity index is 2.76. The molecule has 6 heteroatoms. The van der Waals surface area contributed by atoms with Crippen molar-refractivity contribution in [3.8, 4) is 5.75 Å². The van der Waals surface area contributed by atoms with Crippen molar-refractivity contribution in [2.45, 2.75) is 26.9 Å². The maximum absolute atomic E-state index is 11.6. The van der Waals surface area contributed by atoms with Crippen LogP contribution < -0.4 is 9.46 Å². The van der Waals surface area contributed by atoms with Crippen LogP contribution in [0, 0.1) is 0 Å². The summed E-state index contributed by atoms with van der Waals surface area (Å²) in [6.45, 7) is 5.22. The quantitative estimate of drug-likeness (QED) is 0.814. The molecular weight excluding hydrogens is 254 g/mol. The molecule has 0 aliphatic heterocycles. The van der Waals surface area contributed by atoms with Crippen LogP contribution in [0.15, 0.2) is 24.3 Å². The molecule has 1 rings (SSSR count). The molecule has 0 spiro atoms. The van der Waals surface area contributed by atoms with Crippen molar-refractivity contribution >= 4 is 15.9 Å². The van der Waals surface area contributed by atoms with Gasteiger partial charge in [-0.1, -0.05) is 0 Å². The molecule has 0 heterocycles. The van der Waals surface area contributed by atoms with E-state index in [9.17, 15) is 13.2 Å². The zero-order valence-electron chi connectivity index (χ0n) is 10.6. The van der Waals surface area contributed by atoms with Crippen LogP contribution in [0.4, 0.5) is 0 Å². The lowest BCUT2D eigenvalue weighted by Gasteiger charge is -2.09. The summed E-state index contributed by atoms with van der Waals surface area (Å²) in [6.07, 6.45) is 0.0386. The summed E-state index contributed by atoms with van der Waals surface area (Å²) in [7, 11) is -3.65. The highest BCUT2D eigenvalue weighted by atomic mass is 32.2. The maximum atomic E-state index is 11.6. The number of benzene rings is 1. The smallest absolute Gasteiger partial charge is 0.287 e. The molecule has 99 valence electrons. The van der Waals surface area contributed by atoms with Crippen molar-refractivity contribution < 1.29 is 17.9 Å². The lowest BCUT2D eigenvalue weighted by molar-refractivity contribution is 0.0978. The summed E-state index contributed by atoms with van der Waals surface area (Å²) in [5.41, 5.74) is 0.225. The number of ether oxygens (including phenoxy) is 1. The van der Waals surface area contributed by atoms with Gasteiger partial charge in [0.1, 0.15) is 5.75 Å². The third kappa shape index (κ3) is 4.37. The molecule has 0 bridgehead atoms. The molecule has 0 atom stereocenters. The van der Waals surface area contributed by atoms with Crippen LogP contribution in [-0.4, -0.2) is 26.2 Å². The molecule has 0 N–H and O–H groups in total. The Morgan fingerprint density at radius 3 is 2.28 bits per heavy atom. The highest BCUT2D eigenvalue weighted by molar-refractivity contribution is 7.89. The van der Waals surface area contributed by atoms with Crippen LogP contribution in [0.1, 0.15) is 31.1 Å². The minimum Gasteiger partial charge on any atom is -0.491 e. The lowest BCUT2D eigenvalue weighted by atomic mass is 10.2. The predicted molar refractivity (Wildman–Crippen MR) is 68.1 cm³/mol. The second kappa shape index (κ2) is 5.86. The number of carbonyl (C=O) groups is 1. The maximum Gasteiger partial charge on any atom is 0.287 e. The first-order valence-electron chi connectivity index (χ1n) is 5.61. The first-order valence-corrected chi connectivity index (χ1v) is 7.21. The fourth-order valence-electron chi connectivity index (χ4n) is 1.19. The van der Waals surface area contributed by atoms with E-state index < -0.39 is 15.9 Å². The third-order valence-corrected chi connectivity index (χ3v) is 3.23. The molecule has 0 saturated heterocycles. The Bertz CT molecular complexity index is 505. The van der Waals surface area contributed by atoms with Crippen molar-refractivity contribution in [2.75, 3.05) is 5.75 Å². The number of nitrogens with zero attached hydrogens (tertiary/aromatic N) is 1. The predicted octanol–water partition coefficient (Wildman–Crippen LogP) is 1.57. The van der Waals surface area contributed by atoms with Gasteiger partial charge in [0.25, 0.3) is 15.9 Å². The van der Waals surface area contributed by atoms with Crippen molar-refractivity contribution in [2.24, 2.45) is 0 Å². The lowest BCUT2D eigenvalue weighted by Crippen LogP contribution is -2.24. The molecule has 0 aliphatic carbocycles. The van der Waals surface area contributed by atoms with E-state index in [0.29, 0.717) is 5.75 Å². The number of amides is 1. The molecule has 0 unspecified atom stereocenters. The Labute approximate surface area is 107 Å². The van der Waals surface area contributed by atoms with Gasteiger partial charge in [0.15, 0.2) is 0 Å². The molecule has 1 aromatic carbocycles. The zero-order chi connectivity index (χ0) is 13.8. The van der Waals surface area contributed by atoms with Crippen molar-refractivity contribution in [1.29, 1.82) is 0 Å². The molecule has 5 nitrogen and oxygen atoms in total.